The molecule has 3 heterocycles. The molecule has 1 N–H and O–H groups in total. The number of piperidine rings is 1. The zero-order chi connectivity index (χ0) is 27.9. The van der Waals surface area contributed by atoms with E-state index in [0.29, 0.717) is 48.6 Å². The van der Waals surface area contributed by atoms with Crippen molar-refractivity contribution in [1.29, 1.82) is 0 Å². The minimum Gasteiger partial charge on any atom is -0.339 e. The Morgan fingerprint density at radius 2 is 1.55 bits per heavy atom. The first-order valence-electron chi connectivity index (χ1n) is 13.5. The monoisotopic (exact) mass is 619 g/mol. The highest BCUT2D eigenvalue weighted by Gasteiger charge is 2.54. The summed E-state index contributed by atoms with van der Waals surface area (Å²) in [6.07, 6.45) is 1.36. The SMILES string of the molecule is Cn1[nH]c(=O)c(Br)c1C(c1ccccc1)N1CCC2(CC1)C(=O)N(Cc1ccc(Cl)cc1)CN2c1ccccc1. The third kappa shape index (κ3) is 4.78. The lowest BCUT2D eigenvalue weighted by Crippen LogP contribution is -2.57. The Balaban J connectivity index is 1.32. The number of rotatable bonds is 6. The standard InChI is InChI=1S/C31H31BrClN5O2/c1-35-28(26(32)29(39)34-35)27(23-8-4-2-5-9-23)36-18-16-31(17-19-36)30(40)37(20-22-12-14-24(33)15-13-22)21-38(31)25-10-6-3-7-11-25/h2-15,27H,16-21H2,1H3,(H,34,39). The van der Waals surface area contributed by atoms with Crippen LogP contribution in [0.3, 0.4) is 0 Å². The zero-order valence-corrected chi connectivity index (χ0v) is 24.6. The molecular weight excluding hydrogens is 590 g/mol. The molecule has 9 heteroatoms. The number of hydrogen-bond acceptors (Lipinski definition) is 4. The van der Waals surface area contributed by atoms with E-state index in [4.69, 9.17) is 11.6 Å². The lowest BCUT2D eigenvalue weighted by Gasteiger charge is -2.45. The highest BCUT2D eigenvalue weighted by Crippen LogP contribution is 2.43. The van der Waals surface area contributed by atoms with Crippen molar-refractivity contribution in [2.75, 3.05) is 24.7 Å². The van der Waals surface area contributed by atoms with Crippen LogP contribution < -0.4 is 10.5 Å². The number of aromatic amines is 1. The summed E-state index contributed by atoms with van der Waals surface area (Å²) < 4.78 is 2.35. The van der Waals surface area contributed by atoms with E-state index in [0.717, 1.165) is 22.5 Å². The van der Waals surface area contributed by atoms with Crippen LogP contribution in [-0.2, 0) is 18.4 Å². The molecule has 0 radical (unpaired) electrons. The lowest BCUT2D eigenvalue weighted by molar-refractivity contribution is -0.134. The first-order chi connectivity index (χ1) is 19.4. The third-order valence-electron chi connectivity index (χ3n) is 8.29. The van der Waals surface area contributed by atoms with Gasteiger partial charge in [-0.25, -0.2) is 0 Å². The zero-order valence-electron chi connectivity index (χ0n) is 22.3. The van der Waals surface area contributed by atoms with Gasteiger partial charge in [-0.3, -0.25) is 24.3 Å². The molecule has 0 saturated carbocycles. The number of carbonyl (C=O) groups excluding carboxylic acids is 1. The highest BCUT2D eigenvalue weighted by molar-refractivity contribution is 9.10. The topological polar surface area (TPSA) is 64.6 Å². The number of aromatic nitrogens is 2. The van der Waals surface area contributed by atoms with Gasteiger partial charge < -0.3 is 9.80 Å². The molecule has 2 saturated heterocycles. The number of benzene rings is 3. The molecule has 1 atom stereocenters. The molecule has 40 heavy (non-hydrogen) atoms. The molecule has 2 fully saturated rings. The van der Waals surface area contributed by atoms with E-state index in [1.165, 1.54) is 0 Å². The fraction of sp³-hybridized carbons (Fsp3) is 0.290. The largest absolute Gasteiger partial charge is 0.339 e. The minimum atomic E-state index is -0.632. The molecule has 1 unspecified atom stereocenters. The van der Waals surface area contributed by atoms with E-state index < -0.39 is 5.54 Å². The van der Waals surface area contributed by atoms with Crippen LogP contribution in [0.2, 0.25) is 5.02 Å². The molecule has 2 aliphatic heterocycles. The van der Waals surface area contributed by atoms with Crippen molar-refractivity contribution in [2.24, 2.45) is 7.05 Å². The van der Waals surface area contributed by atoms with Gasteiger partial charge in [0.1, 0.15) is 10.0 Å². The van der Waals surface area contributed by atoms with Crippen LogP contribution in [0.15, 0.2) is 94.2 Å². The average Bonchev–Trinajstić information content (AvgIpc) is 3.38. The summed E-state index contributed by atoms with van der Waals surface area (Å²) in [7, 11) is 1.87. The fourth-order valence-corrected chi connectivity index (χ4v) is 6.99. The second-order valence-corrected chi connectivity index (χ2v) is 11.8. The molecular formula is C31H31BrClN5O2. The predicted octanol–water partition coefficient (Wildman–Crippen LogP) is 5.56. The maximum atomic E-state index is 14.2. The maximum Gasteiger partial charge on any atom is 0.278 e. The fourth-order valence-electron chi connectivity index (χ4n) is 6.29. The van der Waals surface area contributed by atoms with Crippen LogP contribution in [0.5, 0.6) is 0 Å². The summed E-state index contributed by atoms with van der Waals surface area (Å²) in [5.41, 5.74) is 3.32. The number of anilines is 1. The number of halogens is 2. The summed E-state index contributed by atoms with van der Waals surface area (Å²) in [4.78, 5) is 33.4. The molecule has 7 nitrogen and oxygen atoms in total. The Bertz CT molecular complexity index is 1550. The Hall–Kier alpha value is -3.33. The molecule has 1 amide bonds. The summed E-state index contributed by atoms with van der Waals surface area (Å²) in [5.74, 6) is 0.164. The van der Waals surface area contributed by atoms with Gasteiger partial charge in [-0.05, 0) is 64.2 Å². The number of likely N-dealkylation sites (tertiary alicyclic amines) is 1. The Morgan fingerprint density at radius 3 is 2.15 bits per heavy atom. The molecule has 0 aliphatic carbocycles. The van der Waals surface area contributed by atoms with Crippen molar-refractivity contribution in [3.05, 3.63) is 122 Å². The number of hydrogen-bond donors (Lipinski definition) is 1. The minimum absolute atomic E-state index is 0.135. The molecule has 6 rings (SSSR count). The van der Waals surface area contributed by atoms with Gasteiger partial charge in [0, 0.05) is 37.4 Å². The van der Waals surface area contributed by atoms with Gasteiger partial charge in [0.25, 0.3) is 5.56 Å². The van der Waals surface area contributed by atoms with Gasteiger partial charge in [0.05, 0.1) is 18.4 Å². The summed E-state index contributed by atoms with van der Waals surface area (Å²) in [5, 5.41) is 3.58. The van der Waals surface area contributed by atoms with Crippen LogP contribution in [0.4, 0.5) is 5.69 Å². The van der Waals surface area contributed by atoms with Crippen LogP contribution in [0, 0.1) is 0 Å². The second kappa shape index (κ2) is 10.9. The van der Waals surface area contributed by atoms with Crippen LogP contribution in [-0.4, -0.2) is 50.8 Å². The summed E-state index contributed by atoms with van der Waals surface area (Å²) >= 11 is 9.66. The smallest absolute Gasteiger partial charge is 0.278 e. The normalized spacial score (nSPS) is 18.0. The molecule has 2 aliphatic rings. The summed E-state index contributed by atoms with van der Waals surface area (Å²) in [6, 6.07) is 28.1. The van der Waals surface area contributed by atoms with Crippen LogP contribution in [0.1, 0.15) is 35.7 Å². The first-order valence-corrected chi connectivity index (χ1v) is 14.6. The van der Waals surface area contributed by atoms with E-state index >= 15 is 0 Å². The van der Waals surface area contributed by atoms with E-state index in [1.54, 1.807) is 4.68 Å². The number of amides is 1. The van der Waals surface area contributed by atoms with Gasteiger partial charge >= 0.3 is 0 Å². The van der Waals surface area contributed by atoms with Gasteiger partial charge in [-0.2, -0.15) is 0 Å². The molecule has 4 aromatic rings. The maximum absolute atomic E-state index is 14.2. The molecule has 1 aromatic heterocycles. The van der Waals surface area contributed by atoms with Crippen molar-refractivity contribution in [2.45, 2.75) is 31.0 Å². The van der Waals surface area contributed by atoms with Crippen molar-refractivity contribution in [3.8, 4) is 0 Å². The van der Waals surface area contributed by atoms with Crippen molar-refractivity contribution < 1.29 is 4.79 Å². The average molecular weight is 621 g/mol. The lowest BCUT2D eigenvalue weighted by atomic mass is 9.84. The van der Waals surface area contributed by atoms with Crippen molar-refractivity contribution in [3.63, 3.8) is 0 Å². The second-order valence-electron chi connectivity index (χ2n) is 10.6. The van der Waals surface area contributed by atoms with Crippen molar-refractivity contribution in [1.82, 2.24) is 19.6 Å². The molecule has 3 aromatic carbocycles. The van der Waals surface area contributed by atoms with E-state index in [9.17, 15) is 9.59 Å². The predicted molar refractivity (Wildman–Crippen MR) is 161 cm³/mol. The number of H-pyrrole nitrogens is 1. The quantitative estimate of drug-likeness (QED) is 0.307. The Labute approximate surface area is 247 Å². The first kappa shape index (κ1) is 26.9. The van der Waals surface area contributed by atoms with Gasteiger partial charge in [-0.1, -0.05) is 72.3 Å². The van der Waals surface area contributed by atoms with E-state index in [2.05, 4.69) is 55.1 Å². The van der Waals surface area contributed by atoms with Gasteiger partial charge in [-0.15, -0.1) is 0 Å². The number of nitrogens with one attached hydrogen (secondary N) is 1. The van der Waals surface area contributed by atoms with E-state index in [-0.39, 0.29) is 17.5 Å². The third-order valence-corrected chi connectivity index (χ3v) is 9.31. The number of aryl methyl sites for hydroxylation is 1. The number of carbonyl (C=O) groups is 1. The molecule has 1 spiro atoms. The number of para-hydroxylation sites is 1. The molecule has 0 bridgehead atoms. The Kier molecular flexibility index (Phi) is 7.33. The van der Waals surface area contributed by atoms with Crippen molar-refractivity contribution >= 4 is 39.1 Å². The molecule has 206 valence electrons. The van der Waals surface area contributed by atoms with E-state index in [1.807, 2.05) is 72.6 Å². The highest BCUT2D eigenvalue weighted by atomic mass is 79.9. The Morgan fingerprint density at radius 1 is 0.925 bits per heavy atom. The number of nitrogens with zero attached hydrogens (tertiary/aromatic N) is 4. The van der Waals surface area contributed by atoms with Gasteiger partial charge in [0.2, 0.25) is 5.91 Å². The van der Waals surface area contributed by atoms with Crippen LogP contribution in [0.25, 0.3) is 0 Å². The van der Waals surface area contributed by atoms with Crippen LogP contribution >= 0.6 is 27.5 Å². The van der Waals surface area contributed by atoms with Gasteiger partial charge in [0.15, 0.2) is 0 Å². The summed E-state index contributed by atoms with van der Waals surface area (Å²) in [6.45, 7) is 2.48.